The van der Waals surface area contributed by atoms with Crippen molar-refractivity contribution in [3.63, 3.8) is 0 Å². The zero-order chi connectivity index (χ0) is 15.4. The van der Waals surface area contributed by atoms with Gasteiger partial charge >= 0.3 is 12.0 Å². The van der Waals surface area contributed by atoms with Gasteiger partial charge in [-0.2, -0.15) is 5.26 Å². The summed E-state index contributed by atoms with van der Waals surface area (Å²) in [5.41, 5.74) is 0.148. The van der Waals surface area contributed by atoms with Crippen LogP contribution in [0.3, 0.4) is 0 Å². The average molecular weight is 291 g/mol. The first kappa shape index (κ1) is 14.8. The molecule has 1 aromatic rings. The van der Waals surface area contributed by atoms with E-state index in [0.717, 1.165) is 12.5 Å². The summed E-state index contributed by atoms with van der Waals surface area (Å²) >= 11 is 0. The van der Waals surface area contributed by atoms with Gasteiger partial charge in [-0.25, -0.2) is 9.18 Å². The Morgan fingerprint density at radius 3 is 2.95 bits per heavy atom. The number of halogens is 1. The van der Waals surface area contributed by atoms with Crippen LogP contribution in [0.1, 0.15) is 24.8 Å². The van der Waals surface area contributed by atoms with E-state index in [1.807, 2.05) is 0 Å². The molecule has 1 heterocycles. The van der Waals surface area contributed by atoms with E-state index < -0.39 is 17.8 Å². The van der Waals surface area contributed by atoms with Crippen LogP contribution in [0.25, 0.3) is 0 Å². The van der Waals surface area contributed by atoms with Crippen molar-refractivity contribution in [1.82, 2.24) is 4.90 Å². The molecule has 2 rings (SSSR count). The number of rotatable bonds is 3. The Labute approximate surface area is 120 Å². The van der Waals surface area contributed by atoms with E-state index in [9.17, 15) is 14.0 Å². The fraction of sp³-hybridized carbons (Fsp3) is 0.357. The van der Waals surface area contributed by atoms with Gasteiger partial charge in [0.1, 0.15) is 11.9 Å². The molecular formula is C14H14FN3O3. The minimum absolute atomic E-state index is 0.0969. The predicted octanol–water partition coefficient (Wildman–Crippen LogP) is 2.17. The van der Waals surface area contributed by atoms with E-state index >= 15 is 0 Å². The number of aliphatic carboxylic acids is 1. The highest BCUT2D eigenvalue weighted by Crippen LogP contribution is 2.22. The highest BCUT2D eigenvalue weighted by atomic mass is 19.1. The van der Waals surface area contributed by atoms with E-state index in [2.05, 4.69) is 5.32 Å². The summed E-state index contributed by atoms with van der Waals surface area (Å²) < 4.78 is 13.2. The molecule has 6 nitrogen and oxygen atoms in total. The molecule has 1 aliphatic heterocycles. The van der Waals surface area contributed by atoms with Gasteiger partial charge in [0.15, 0.2) is 0 Å². The fourth-order valence-electron chi connectivity index (χ4n) is 2.40. The summed E-state index contributed by atoms with van der Waals surface area (Å²) in [4.78, 5) is 24.4. The summed E-state index contributed by atoms with van der Waals surface area (Å²) in [5.74, 6) is -1.60. The molecule has 1 fully saturated rings. The third-order valence-electron chi connectivity index (χ3n) is 3.39. The van der Waals surface area contributed by atoms with Gasteiger partial charge in [0.25, 0.3) is 0 Å². The second-order valence-electron chi connectivity index (χ2n) is 4.82. The van der Waals surface area contributed by atoms with Crippen LogP contribution in [0.4, 0.5) is 14.9 Å². The Kier molecular flexibility index (Phi) is 4.38. The average Bonchev–Trinajstić information content (AvgIpc) is 2.88. The largest absolute Gasteiger partial charge is 0.481 e. The molecule has 110 valence electrons. The topological polar surface area (TPSA) is 93.4 Å². The Hall–Kier alpha value is -2.62. The molecule has 2 amide bonds. The number of urea groups is 1. The number of nitriles is 1. The molecule has 1 saturated heterocycles. The second kappa shape index (κ2) is 6.22. The highest BCUT2D eigenvalue weighted by Gasteiger charge is 2.30. The van der Waals surface area contributed by atoms with Crippen LogP contribution >= 0.6 is 0 Å². The number of carbonyl (C=O) groups is 2. The van der Waals surface area contributed by atoms with Crippen LogP contribution in [-0.4, -0.2) is 34.6 Å². The van der Waals surface area contributed by atoms with E-state index in [4.69, 9.17) is 10.4 Å². The lowest BCUT2D eigenvalue weighted by molar-refractivity contribution is -0.137. The molecule has 0 aromatic heterocycles. The van der Waals surface area contributed by atoms with Crippen molar-refractivity contribution in [3.8, 4) is 6.07 Å². The van der Waals surface area contributed by atoms with Gasteiger partial charge in [-0.3, -0.25) is 4.79 Å². The number of carbonyl (C=O) groups excluding carboxylic acids is 1. The lowest BCUT2D eigenvalue weighted by Crippen LogP contribution is -2.39. The number of carboxylic acids is 1. The van der Waals surface area contributed by atoms with Crippen molar-refractivity contribution < 1.29 is 19.1 Å². The maximum atomic E-state index is 13.2. The second-order valence-corrected chi connectivity index (χ2v) is 4.82. The number of hydrogen-bond acceptors (Lipinski definition) is 3. The van der Waals surface area contributed by atoms with Crippen molar-refractivity contribution in [3.05, 3.63) is 29.6 Å². The van der Waals surface area contributed by atoms with Crippen molar-refractivity contribution in [1.29, 1.82) is 5.26 Å². The first-order valence-corrected chi connectivity index (χ1v) is 6.50. The molecule has 7 heteroatoms. The lowest BCUT2D eigenvalue weighted by Gasteiger charge is -2.23. The van der Waals surface area contributed by atoms with E-state index in [1.165, 1.54) is 17.0 Å². The number of hydrogen-bond donors (Lipinski definition) is 2. The Morgan fingerprint density at radius 2 is 2.29 bits per heavy atom. The molecule has 0 aliphatic carbocycles. The van der Waals surface area contributed by atoms with Crippen LogP contribution in [0.5, 0.6) is 0 Å². The Morgan fingerprint density at radius 1 is 1.52 bits per heavy atom. The molecule has 0 bridgehead atoms. The van der Waals surface area contributed by atoms with Gasteiger partial charge in [-0.15, -0.1) is 0 Å². The molecule has 1 aliphatic rings. The van der Waals surface area contributed by atoms with Crippen molar-refractivity contribution in [2.75, 3.05) is 11.9 Å². The molecule has 0 radical (unpaired) electrons. The number of nitrogens with one attached hydrogen (secondary N) is 1. The normalized spacial score (nSPS) is 17.3. The molecule has 21 heavy (non-hydrogen) atoms. The summed E-state index contributed by atoms with van der Waals surface area (Å²) in [6.07, 6.45) is 1.30. The van der Waals surface area contributed by atoms with Gasteiger partial charge < -0.3 is 15.3 Å². The molecule has 0 saturated carbocycles. The molecule has 2 N–H and O–H groups in total. The number of likely N-dealkylation sites (tertiary alicyclic amines) is 1. The van der Waals surface area contributed by atoms with E-state index in [1.54, 1.807) is 6.07 Å². The van der Waals surface area contributed by atoms with Crippen LogP contribution < -0.4 is 5.32 Å². The summed E-state index contributed by atoms with van der Waals surface area (Å²) in [5, 5.41) is 20.1. The zero-order valence-electron chi connectivity index (χ0n) is 11.2. The first-order valence-electron chi connectivity index (χ1n) is 6.50. The summed E-state index contributed by atoms with van der Waals surface area (Å²) in [6, 6.07) is 4.63. The van der Waals surface area contributed by atoms with Crippen LogP contribution in [0, 0.1) is 17.1 Å². The van der Waals surface area contributed by atoms with Crippen molar-refractivity contribution in [2.45, 2.75) is 25.3 Å². The number of carboxylic acid groups (broad SMARTS) is 1. The molecule has 0 spiro atoms. The van der Waals surface area contributed by atoms with Crippen molar-refractivity contribution >= 4 is 17.7 Å². The highest BCUT2D eigenvalue weighted by molar-refractivity contribution is 5.90. The van der Waals surface area contributed by atoms with Gasteiger partial charge in [0.2, 0.25) is 0 Å². The molecule has 1 unspecified atom stereocenters. The van der Waals surface area contributed by atoms with Gasteiger partial charge in [-0.1, -0.05) is 0 Å². The number of benzene rings is 1. The summed E-state index contributed by atoms with van der Waals surface area (Å²) in [7, 11) is 0. The quantitative estimate of drug-likeness (QED) is 0.892. The van der Waals surface area contributed by atoms with Gasteiger partial charge in [0.05, 0.1) is 12.0 Å². The maximum absolute atomic E-state index is 13.2. The SMILES string of the molecule is N#Cc1cc(NC(=O)N2CCCC2CC(=O)O)ccc1F. The smallest absolute Gasteiger partial charge is 0.322 e. The monoisotopic (exact) mass is 291 g/mol. The minimum atomic E-state index is -0.951. The Bertz CT molecular complexity index is 612. The van der Waals surface area contributed by atoms with Gasteiger partial charge in [-0.05, 0) is 31.0 Å². The van der Waals surface area contributed by atoms with Crippen LogP contribution in [-0.2, 0) is 4.79 Å². The molecule has 1 aromatic carbocycles. The fourth-order valence-corrected chi connectivity index (χ4v) is 2.40. The number of nitrogens with zero attached hydrogens (tertiary/aromatic N) is 2. The number of anilines is 1. The minimum Gasteiger partial charge on any atom is -0.481 e. The van der Waals surface area contributed by atoms with Crippen LogP contribution in [0.15, 0.2) is 18.2 Å². The molecule has 1 atom stereocenters. The number of amides is 2. The third-order valence-corrected chi connectivity index (χ3v) is 3.39. The van der Waals surface area contributed by atoms with E-state index in [0.29, 0.717) is 18.7 Å². The van der Waals surface area contributed by atoms with E-state index in [-0.39, 0.29) is 18.0 Å². The Balaban J connectivity index is 2.07. The van der Waals surface area contributed by atoms with Gasteiger partial charge in [0, 0.05) is 18.3 Å². The standard InChI is InChI=1S/C14H14FN3O3/c15-12-4-3-10(6-9(12)8-16)17-14(21)18-5-1-2-11(18)7-13(19)20/h3-4,6,11H,1-2,5,7H2,(H,17,21)(H,19,20). The predicted molar refractivity (Wildman–Crippen MR) is 72.1 cm³/mol. The lowest BCUT2D eigenvalue weighted by atomic mass is 10.1. The van der Waals surface area contributed by atoms with Crippen LogP contribution in [0.2, 0.25) is 0 Å². The third kappa shape index (κ3) is 3.48. The summed E-state index contributed by atoms with van der Waals surface area (Å²) in [6.45, 7) is 0.482. The van der Waals surface area contributed by atoms with Crippen molar-refractivity contribution in [2.24, 2.45) is 0 Å². The molecular weight excluding hydrogens is 277 g/mol. The zero-order valence-corrected chi connectivity index (χ0v) is 11.2. The maximum Gasteiger partial charge on any atom is 0.322 e. The first-order chi connectivity index (χ1) is 10.0.